The summed E-state index contributed by atoms with van der Waals surface area (Å²) in [7, 11) is -2.09. The van der Waals surface area contributed by atoms with E-state index in [0.717, 1.165) is 22.8 Å². The van der Waals surface area contributed by atoms with Gasteiger partial charge in [-0.15, -0.1) is 0 Å². The second-order valence-corrected chi connectivity index (χ2v) is 7.49. The zero-order valence-corrected chi connectivity index (χ0v) is 10.2. The van der Waals surface area contributed by atoms with Gasteiger partial charge in [0.05, 0.1) is 10.6 Å². The lowest BCUT2D eigenvalue weighted by atomic mass is 9.95. The van der Waals surface area contributed by atoms with Crippen LogP contribution in [0.15, 0.2) is 11.1 Å². The minimum Gasteiger partial charge on any atom is -0.263 e. The fourth-order valence-corrected chi connectivity index (χ4v) is 3.19. The maximum absolute atomic E-state index is 12.0. The Morgan fingerprint density at radius 1 is 1.47 bits per heavy atom. The van der Waals surface area contributed by atoms with E-state index >= 15 is 0 Å². The molecule has 0 radical (unpaired) electrons. The number of hydrogen-bond donors (Lipinski definition) is 0. The first kappa shape index (κ1) is 10.6. The van der Waals surface area contributed by atoms with Gasteiger partial charge in [-0.25, -0.2) is 9.97 Å². The molecule has 0 N–H and O–H groups in total. The summed E-state index contributed by atoms with van der Waals surface area (Å²) in [5.41, 5.74) is 0.870. The summed E-state index contributed by atoms with van der Waals surface area (Å²) in [4.78, 5) is 9.54. The molecule has 0 aliphatic carbocycles. The molecule has 0 saturated heterocycles. The van der Waals surface area contributed by atoms with E-state index in [1.807, 2.05) is 0 Å². The fraction of sp³-hybridized carbons (Fsp3) is 0.545. The monoisotopic (exact) mass is 224 g/mol. The van der Waals surface area contributed by atoms with E-state index in [4.69, 9.17) is 0 Å². The van der Waals surface area contributed by atoms with Gasteiger partial charge in [0.2, 0.25) is 0 Å². The van der Waals surface area contributed by atoms with Gasteiger partial charge in [-0.2, -0.15) is 0 Å². The SMILES string of the molecule is C=S1(=O)CCc2nc(C(C)(C)C)ncc21. The third-order valence-electron chi connectivity index (χ3n) is 2.57. The first-order valence-electron chi connectivity index (χ1n) is 5.02. The number of aryl methyl sites for hydroxylation is 1. The Balaban J connectivity index is 2.56. The summed E-state index contributed by atoms with van der Waals surface area (Å²) in [6.45, 7) is 6.22. The topological polar surface area (TPSA) is 42.9 Å². The summed E-state index contributed by atoms with van der Waals surface area (Å²) < 4.78 is 12.0. The van der Waals surface area contributed by atoms with Crippen molar-refractivity contribution >= 4 is 15.4 Å². The molecular weight excluding hydrogens is 208 g/mol. The van der Waals surface area contributed by atoms with Gasteiger partial charge in [0.15, 0.2) is 0 Å². The quantitative estimate of drug-likeness (QED) is 0.626. The van der Waals surface area contributed by atoms with Gasteiger partial charge in [-0.1, -0.05) is 20.8 Å². The van der Waals surface area contributed by atoms with Crippen LogP contribution in [0.3, 0.4) is 0 Å². The first-order valence-corrected chi connectivity index (χ1v) is 6.92. The number of hydrogen-bond acceptors (Lipinski definition) is 3. The molecule has 0 amide bonds. The van der Waals surface area contributed by atoms with Crippen molar-refractivity contribution in [3.63, 3.8) is 0 Å². The van der Waals surface area contributed by atoms with Crippen molar-refractivity contribution in [2.75, 3.05) is 5.75 Å². The molecule has 2 heterocycles. The van der Waals surface area contributed by atoms with Crippen LogP contribution < -0.4 is 0 Å². The highest BCUT2D eigenvalue weighted by Gasteiger charge is 2.26. The smallest absolute Gasteiger partial charge is 0.133 e. The Morgan fingerprint density at radius 2 is 2.13 bits per heavy atom. The van der Waals surface area contributed by atoms with Crippen LogP contribution in [0.2, 0.25) is 0 Å². The van der Waals surface area contributed by atoms with E-state index < -0.39 is 9.52 Å². The molecule has 4 heteroatoms. The van der Waals surface area contributed by atoms with Crippen molar-refractivity contribution in [1.29, 1.82) is 0 Å². The summed E-state index contributed by atoms with van der Waals surface area (Å²) in [6.07, 6.45) is 2.47. The van der Waals surface area contributed by atoms with Crippen molar-refractivity contribution in [3.8, 4) is 0 Å². The molecule has 1 aliphatic rings. The predicted octanol–water partition coefficient (Wildman–Crippen LogP) is 1.41. The molecule has 3 nitrogen and oxygen atoms in total. The summed E-state index contributed by atoms with van der Waals surface area (Å²) >= 11 is 0. The maximum Gasteiger partial charge on any atom is 0.133 e. The van der Waals surface area contributed by atoms with Crippen LogP contribution >= 0.6 is 0 Å². The van der Waals surface area contributed by atoms with Gasteiger partial charge in [0, 0.05) is 23.8 Å². The van der Waals surface area contributed by atoms with E-state index in [1.165, 1.54) is 0 Å². The molecule has 1 aromatic heterocycles. The molecule has 1 aliphatic heterocycles. The third-order valence-corrected chi connectivity index (χ3v) is 4.58. The Morgan fingerprint density at radius 3 is 2.73 bits per heavy atom. The minimum absolute atomic E-state index is 0.0559. The van der Waals surface area contributed by atoms with E-state index in [0.29, 0.717) is 5.75 Å². The molecule has 1 atom stereocenters. The molecule has 0 spiro atoms. The molecule has 0 saturated carbocycles. The largest absolute Gasteiger partial charge is 0.263 e. The van der Waals surface area contributed by atoms with Crippen LogP contribution in [0.5, 0.6) is 0 Å². The van der Waals surface area contributed by atoms with E-state index in [9.17, 15) is 4.21 Å². The lowest BCUT2D eigenvalue weighted by Crippen LogP contribution is -2.17. The van der Waals surface area contributed by atoms with Crippen LogP contribution in [-0.2, 0) is 21.4 Å². The Bertz CT molecular complexity index is 498. The van der Waals surface area contributed by atoms with Crippen LogP contribution in [0.25, 0.3) is 0 Å². The van der Waals surface area contributed by atoms with Gasteiger partial charge in [-0.3, -0.25) is 4.21 Å². The molecule has 1 aromatic rings. The standard InChI is InChI=1S/C11H16N2OS/c1-11(2,3)10-12-7-9-8(13-10)5-6-15(9,4)14/h7H,4-6H2,1-3H3. The third kappa shape index (κ3) is 1.78. The highest BCUT2D eigenvalue weighted by molar-refractivity contribution is 8.00. The van der Waals surface area contributed by atoms with Crippen LogP contribution in [-0.4, -0.2) is 25.8 Å². The molecule has 1 unspecified atom stereocenters. The van der Waals surface area contributed by atoms with Gasteiger partial charge >= 0.3 is 0 Å². The summed E-state index contributed by atoms with van der Waals surface area (Å²) in [5, 5.41) is 0. The molecule has 2 rings (SSSR count). The van der Waals surface area contributed by atoms with Gasteiger partial charge in [0.1, 0.15) is 5.82 Å². The summed E-state index contributed by atoms with van der Waals surface area (Å²) in [5.74, 6) is 5.18. The van der Waals surface area contributed by atoms with Gasteiger partial charge in [-0.05, 0) is 15.4 Å². The average molecular weight is 224 g/mol. The molecule has 15 heavy (non-hydrogen) atoms. The zero-order chi connectivity index (χ0) is 11.3. The Hall–Kier alpha value is -0.900. The average Bonchev–Trinajstić information content (AvgIpc) is 2.41. The number of fused-ring (bicyclic) bond motifs is 1. The van der Waals surface area contributed by atoms with Crippen LogP contribution in [0, 0.1) is 0 Å². The predicted molar refractivity (Wildman–Crippen MR) is 62.8 cm³/mol. The normalized spacial score (nSPS) is 25.3. The molecule has 0 bridgehead atoms. The zero-order valence-electron chi connectivity index (χ0n) is 9.41. The van der Waals surface area contributed by atoms with Crippen molar-refractivity contribution in [2.45, 2.75) is 37.5 Å². The number of rotatable bonds is 0. The van der Waals surface area contributed by atoms with Crippen LogP contribution in [0.1, 0.15) is 32.3 Å². The van der Waals surface area contributed by atoms with Crippen molar-refractivity contribution in [2.24, 2.45) is 0 Å². The Labute approximate surface area is 91.0 Å². The second-order valence-electron chi connectivity index (χ2n) is 5.02. The highest BCUT2D eigenvalue weighted by Crippen LogP contribution is 2.26. The maximum atomic E-state index is 12.0. The second kappa shape index (κ2) is 3.04. The van der Waals surface area contributed by atoms with E-state index in [-0.39, 0.29) is 5.41 Å². The summed E-state index contributed by atoms with van der Waals surface area (Å²) in [6, 6.07) is 0. The molecule has 82 valence electrons. The van der Waals surface area contributed by atoms with E-state index in [2.05, 4.69) is 36.6 Å². The van der Waals surface area contributed by atoms with Gasteiger partial charge < -0.3 is 0 Å². The number of aromatic nitrogens is 2. The van der Waals surface area contributed by atoms with E-state index in [1.54, 1.807) is 6.20 Å². The molecule has 0 fully saturated rings. The highest BCUT2D eigenvalue weighted by atomic mass is 32.2. The Kier molecular flexibility index (Phi) is 2.15. The minimum atomic E-state index is -2.09. The van der Waals surface area contributed by atoms with Crippen molar-refractivity contribution in [3.05, 3.63) is 17.7 Å². The van der Waals surface area contributed by atoms with Crippen molar-refractivity contribution in [1.82, 2.24) is 9.97 Å². The molecular formula is C11H16N2OS. The number of nitrogens with zero attached hydrogens (tertiary/aromatic N) is 2. The lowest BCUT2D eigenvalue weighted by Gasteiger charge is -2.16. The van der Waals surface area contributed by atoms with Crippen molar-refractivity contribution < 1.29 is 4.21 Å². The lowest BCUT2D eigenvalue weighted by molar-refractivity contribution is 0.539. The van der Waals surface area contributed by atoms with Crippen LogP contribution in [0.4, 0.5) is 0 Å². The molecule has 0 aromatic carbocycles. The first-order chi connectivity index (χ1) is 6.81. The fourth-order valence-electron chi connectivity index (χ4n) is 1.63. The van der Waals surface area contributed by atoms with Gasteiger partial charge in [0.25, 0.3) is 0 Å².